The lowest BCUT2D eigenvalue weighted by Gasteiger charge is -2.25. The summed E-state index contributed by atoms with van der Waals surface area (Å²) in [6, 6.07) is 0. The topological polar surface area (TPSA) is 66.4 Å². The summed E-state index contributed by atoms with van der Waals surface area (Å²) >= 11 is 0. The van der Waals surface area contributed by atoms with E-state index in [2.05, 4.69) is 12.2 Å². The van der Waals surface area contributed by atoms with Crippen molar-refractivity contribution in [2.75, 3.05) is 12.3 Å². The molecule has 5 heteroatoms. The fourth-order valence-corrected chi connectivity index (χ4v) is 1.59. The molecule has 13 heavy (non-hydrogen) atoms. The van der Waals surface area contributed by atoms with Crippen LogP contribution in [0.4, 0.5) is 0 Å². The lowest BCUT2D eigenvalue weighted by Crippen LogP contribution is -2.41. The first kappa shape index (κ1) is 12.9. The van der Waals surface area contributed by atoms with E-state index in [9.17, 15) is 8.42 Å². The second kappa shape index (κ2) is 4.93. The zero-order valence-electron chi connectivity index (χ0n) is 8.50. The van der Waals surface area contributed by atoms with Gasteiger partial charge >= 0.3 is 0 Å². The second-order valence-electron chi connectivity index (χ2n) is 3.85. The minimum absolute atomic E-state index is 0.0561. The van der Waals surface area contributed by atoms with Crippen molar-refractivity contribution in [3.63, 3.8) is 0 Å². The van der Waals surface area contributed by atoms with E-state index in [0.29, 0.717) is 6.54 Å². The smallest absolute Gasteiger partial charge is 0.266 e. The highest BCUT2D eigenvalue weighted by Gasteiger charge is 2.16. The molecule has 0 saturated heterocycles. The lowest BCUT2D eigenvalue weighted by atomic mass is 9.99. The third-order valence-corrected chi connectivity index (χ3v) is 2.56. The molecule has 0 heterocycles. The summed E-state index contributed by atoms with van der Waals surface area (Å²) in [5.41, 5.74) is -0.0561. The highest BCUT2D eigenvalue weighted by atomic mass is 32.2. The van der Waals surface area contributed by atoms with Gasteiger partial charge in [0.25, 0.3) is 10.1 Å². The van der Waals surface area contributed by atoms with Crippen molar-refractivity contribution in [1.29, 1.82) is 0 Å². The Labute approximate surface area is 80.5 Å². The minimum atomic E-state index is -3.82. The number of nitrogens with one attached hydrogen (secondary N) is 1. The van der Waals surface area contributed by atoms with E-state index in [1.54, 1.807) is 0 Å². The van der Waals surface area contributed by atoms with Crippen molar-refractivity contribution in [3.8, 4) is 0 Å². The number of hydrogen-bond donors (Lipinski definition) is 2. The predicted molar refractivity (Wildman–Crippen MR) is 53.4 cm³/mol. The van der Waals surface area contributed by atoms with Crippen molar-refractivity contribution < 1.29 is 13.0 Å². The van der Waals surface area contributed by atoms with Crippen molar-refractivity contribution in [1.82, 2.24) is 5.32 Å². The number of rotatable bonds is 6. The Kier molecular flexibility index (Phi) is 4.88. The molecule has 80 valence electrons. The minimum Gasteiger partial charge on any atom is -0.311 e. The second-order valence-corrected chi connectivity index (χ2v) is 5.42. The molecular weight excluding hydrogens is 190 g/mol. The standard InChI is InChI=1S/C8H19NO3S/c1-4-5-8(2,3)9-6-7-13(10,11)12/h9H,4-7H2,1-3H3,(H,10,11,12). The first-order chi connectivity index (χ1) is 5.77. The Morgan fingerprint density at radius 2 is 1.92 bits per heavy atom. The number of hydrogen-bond acceptors (Lipinski definition) is 3. The van der Waals surface area contributed by atoms with Crippen molar-refractivity contribution >= 4 is 10.1 Å². The maximum atomic E-state index is 10.4. The molecule has 4 nitrogen and oxygen atoms in total. The molecule has 0 rings (SSSR count). The summed E-state index contributed by atoms with van der Waals surface area (Å²) in [5.74, 6) is -0.222. The van der Waals surface area contributed by atoms with Crippen LogP contribution in [0.25, 0.3) is 0 Å². The molecule has 0 aromatic rings. The highest BCUT2D eigenvalue weighted by Crippen LogP contribution is 2.09. The third kappa shape index (κ3) is 8.21. The summed E-state index contributed by atoms with van der Waals surface area (Å²) < 4.78 is 29.3. The molecule has 0 aromatic carbocycles. The van der Waals surface area contributed by atoms with Crippen LogP contribution in [-0.2, 0) is 10.1 Å². The van der Waals surface area contributed by atoms with Gasteiger partial charge in [0.15, 0.2) is 0 Å². The van der Waals surface area contributed by atoms with Crippen LogP contribution in [0.3, 0.4) is 0 Å². The molecule has 0 unspecified atom stereocenters. The molecule has 0 aliphatic heterocycles. The predicted octanol–water partition coefficient (Wildman–Crippen LogP) is 1.04. The summed E-state index contributed by atoms with van der Waals surface area (Å²) in [5, 5.41) is 3.08. The van der Waals surface area contributed by atoms with Crippen LogP contribution in [0.15, 0.2) is 0 Å². The van der Waals surface area contributed by atoms with Gasteiger partial charge in [0.05, 0.1) is 5.75 Å². The van der Waals surface area contributed by atoms with Crippen LogP contribution in [0.2, 0.25) is 0 Å². The molecule has 0 saturated carbocycles. The molecule has 0 atom stereocenters. The first-order valence-electron chi connectivity index (χ1n) is 4.47. The Hall–Kier alpha value is -0.130. The van der Waals surface area contributed by atoms with Gasteiger partial charge in [0, 0.05) is 12.1 Å². The van der Waals surface area contributed by atoms with Gasteiger partial charge in [-0.3, -0.25) is 4.55 Å². The molecule has 0 aliphatic rings. The van der Waals surface area contributed by atoms with E-state index in [4.69, 9.17) is 4.55 Å². The molecule has 0 bridgehead atoms. The average Bonchev–Trinajstić information content (AvgIpc) is 1.82. The van der Waals surface area contributed by atoms with Gasteiger partial charge in [-0.25, -0.2) is 0 Å². The van der Waals surface area contributed by atoms with Crippen LogP contribution < -0.4 is 5.32 Å². The Bertz CT molecular complexity index is 234. The SMILES string of the molecule is CCCC(C)(C)NCCS(=O)(=O)O. The summed E-state index contributed by atoms with van der Waals surface area (Å²) in [7, 11) is -3.82. The molecule has 0 radical (unpaired) electrons. The molecule has 2 N–H and O–H groups in total. The van der Waals surface area contributed by atoms with Gasteiger partial charge in [0.1, 0.15) is 0 Å². The Balaban J connectivity index is 3.76. The van der Waals surface area contributed by atoms with E-state index in [0.717, 1.165) is 12.8 Å². The monoisotopic (exact) mass is 209 g/mol. The molecule has 0 amide bonds. The Morgan fingerprint density at radius 3 is 2.31 bits per heavy atom. The van der Waals surface area contributed by atoms with Crippen LogP contribution in [0, 0.1) is 0 Å². The van der Waals surface area contributed by atoms with Gasteiger partial charge in [0.2, 0.25) is 0 Å². The van der Waals surface area contributed by atoms with Crippen LogP contribution in [0.5, 0.6) is 0 Å². The third-order valence-electron chi connectivity index (χ3n) is 1.84. The summed E-state index contributed by atoms with van der Waals surface area (Å²) in [6.07, 6.45) is 2.03. The summed E-state index contributed by atoms with van der Waals surface area (Å²) in [6.45, 7) is 6.40. The zero-order valence-corrected chi connectivity index (χ0v) is 9.32. The van der Waals surface area contributed by atoms with E-state index in [1.807, 2.05) is 13.8 Å². The van der Waals surface area contributed by atoms with Gasteiger partial charge in [-0.2, -0.15) is 8.42 Å². The highest BCUT2D eigenvalue weighted by molar-refractivity contribution is 7.85. The molecule has 0 spiro atoms. The van der Waals surface area contributed by atoms with Crippen LogP contribution in [-0.4, -0.2) is 30.8 Å². The van der Waals surface area contributed by atoms with Crippen molar-refractivity contribution in [2.24, 2.45) is 0 Å². The average molecular weight is 209 g/mol. The fourth-order valence-electron chi connectivity index (χ4n) is 1.23. The zero-order chi connectivity index (χ0) is 10.5. The van der Waals surface area contributed by atoms with E-state index < -0.39 is 10.1 Å². The molecule has 0 fully saturated rings. The quantitative estimate of drug-likeness (QED) is 0.641. The fraction of sp³-hybridized carbons (Fsp3) is 1.00. The lowest BCUT2D eigenvalue weighted by molar-refractivity contribution is 0.366. The van der Waals surface area contributed by atoms with Crippen molar-refractivity contribution in [3.05, 3.63) is 0 Å². The molecule has 0 aliphatic carbocycles. The van der Waals surface area contributed by atoms with Gasteiger partial charge in [-0.1, -0.05) is 13.3 Å². The van der Waals surface area contributed by atoms with E-state index >= 15 is 0 Å². The maximum absolute atomic E-state index is 10.4. The van der Waals surface area contributed by atoms with E-state index in [-0.39, 0.29) is 11.3 Å². The van der Waals surface area contributed by atoms with Gasteiger partial charge < -0.3 is 5.32 Å². The largest absolute Gasteiger partial charge is 0.311 e. The summed E-state index contributed by atoms with van der Waals surface area (Å²) in [4.78, 5) is 0. The van der Waals surface area contributed by atoms with Gasteiger partial charge in [-0.15, -0.1) is 0 Å². The van der Waals surface area contributed by atoms with Gasteiger partial charge in [-0.05, 0) is 20.3 Å². The molecule has 0 aromatic heterocycles. The van der Waals surface area contributed by atoms with Crippen LogP contribution in [0.1, 0.15) is 33.6 Å². The maximum Gasteiger partial charge on any atom is 0.266 e. The molecular formula is C8H19NO3S. The normalized spacial score (nSPS) is 13.2. The Morgan fingerprint density at radius 1 is 1.38 bits per heavy atom. The first-order valence-corrected chi connectivity index (χ1v) is 6.08. The van der Waals surface area contributed by atoms with Crippen LogP contribution >= 0.6 is 0 Å². The van der Waals surface area contributed by atoms with E-state index in [1.165, 1.54) is 0 Å². The van der Waals surface area contributed by atoms with Crippen molar-refractivity contribution in [2.45, 2.75) is 39.2 Å².